The molecule has 0 heterocycles. The molecule has 22 heavy (non-hydrogen) atoms. The lowest BCUT2D eigenvalue weighted by atomic mass is 10.1. The molecule has 0 radical (unpaired) electrons. The minimum Gasteiger partial charge on any atom is -0.478 e. The Morgan fingerprint density at radius 1 is 1.41 bits per heavy atom. The third-order valence-electron chi connectivity index (χ3n) is 2.73. The van der Waals surface area contributed by atoms with E-state index in [1.807, 2.05) is 0 Å². The SMILES string of the molecule is CC(C)(CO)N/C=C(/C#N)C(=O)Nc1cccc(C(=O)O)c1. The number of amides is 1. The minimum atomic E-state index is -1.11. The molecule has 0 saturated heterocycles. The first kappa shape index (κ1) is 17.2. The standard InChI is InChI=1S/C15H17N3O4/c1-15(2,9-19)17-8-11(7-16)13(20)18-12-5-3-4-10(6-12)14(21)22/h3-6,8,17,19H,9H2,1-2H3,(H,18,20)(H,21,22)/b11-8-. The first-order chi connectivity index (χ1) is 10.3. The molecule has 0 atom stereocenters. The fourth-order valence-electron chi connectivity index (χ4n) is 1.39. The van der Waals surface area contributed by atoms with Gasteiger partial charge in [-0.25, -0.2) is 4.79 Å². The summed E-state index contributed by atoms with van der Waals surface area (Å²) in [5.74, 6) is -1.79. The second-order valence-corrected chi connectivity index (χ2v) is 5.20. The zero-order chi connectivity index (χ0) is 16.8. The van der Waals surface area contributed by atoms with Gasteiger partial charge in [0, 0.05) is 11.9 Å². The fraction of sp³-hybridized carbons (Fsp3) is 0.267. The maximum atomic E-state index is 12.0. The lowest BCUT2D eigenvalue weighted by Gasteiger charge is -2.22. The van der Waals surface area contributed by atoms with E-state index in [4.69, 9.17) is 15.5 Å². The Hall–Kier alpha value is -2.85. The van der Waals surface area contributed by atoms with Gasteiger partial charge < -0.3 is 20.8 Å². The predicted octanol–water partition coefficient (Wildman–Crippen LogP) is 1.09. The number of aliphatic hydroxyl groups excluding tert-OH is 1. The molecule has 1 rings (SSSR count). The number of hydrogen-bond donors (Lipinski definition) is 4. The number of rotatable bonds is 6. The van der Waals surface area contributed by atoms with Gasteiger partial charge >= 0.3 is 5.97 Å². The summed E-state index contributed by atoms with van der Waals surface area (Å²) in [6.07, 6.45) is 1.21. The topological polar surface area (TPSA) is 122 Å². The van der Waals surface area contributed by atoms with Crippen LogP contribution in [0.4, 0.5) is 5.69 Å². The van der Waals surface area contributed by atoms with Crippen molar-refractivity contribution in [2.75, 3.05) is 11.9 Å². The van der Waals surface area contributed by atoms with Crippen LogP contribution in [0, 0.1) is 11.3 Å². The van der Waals surface area contributed by atoms with Crippen LogP contribution in [0.2, 0.25) is 0 Å². The van der Waals surface area contributed by atoms with E-state index in [0.717, 1.165) is 0 Å². The Bertz CT molecular complexity index is 644. The molecule has 0 aromatic heterocycles. The van der Waals surface area contributed by atoms with E-state index in [-0.39, 0.29) is 23.4 Å². The van der Waals surface area contributed by atoms with Crippen molar-refractivity contribution in [3.63, 3.8) is 0 Å². The number of aromatic carboxylic acids is 1. The summed E-state index contributed by atoms with van der Waals surface area (Å²) in [7, 11) is 0. The highest BCUT2D eigenvalue weighted by Crippen LogP contribution is 2.12. The summed E-state index contributed by atoms with van der Waals surface area (Å²) < 4.78 is 0. The number of nitrogens with zero attached hydrogens (tertiary/aromatic N) is 1. The van der Waals surface area contributed by atoms with Gasteiger partial charge in [0.15, 0.2) is 0 Å². The number of benzene rings is 1. The molecule has 0 saturated carbocycles. The Morgan fingerprint density at radius 3 is 2.64 bits per heavy atom. The number of nitriles is 1. The van der Waals surface area contributed by atoms with E-state index in [2.05, 4.69) is 10.6 Å². The van der Waals surface area contributed by atoms with Crippen LogP contribution in [0.3, 0.4) is 0 Å². The second kappa shape index (κ2) is 7.24. The molecule has 0 aliphatic rings. The monoisotopic (exact) mass is 303 g/mol. The number of hydrogen-bond acceptors (Lipinski definition) is 5. The molecule has 0 fully saturated rings. The Morgan fingerprint density at radius 2 is 2.09 bits per heavy atom. The summed E-state index contributed by atoms with van der Waals surface area (Å²) in [4.78, 5) is 22.8. The maximum Gasteiger partial charge on any atom is 0.335 e. The van der Waals surface area contributed by atoms with E-state index < -0.39 is 17.4 Å². The number of carbonyl (C=O) groups is 2. The first-order valence-electron chi connectivity index (χ1n) is 6.42. The van der Waals surface area contributed by atoms with Crippen molar-refractivity contribution in [3.8, 4) is 6.07 Å². The Kier molecular flexibility index (Phi) is 5.66. The highest BCUT2D eigenvalue weighted by Gasteiger charge is 2.16. The van der Waals surface area contributed by atoms with Gasteiger partial charge in [-0.05, 0) is 32.0 Å². The van der Waals surface area contributed by atoms with Crippen LogP contribution in [0.15, 0.2) is 36.0 Å². The number of carbonyl (C=O) groups excluding carboxylic acids is 1. The third kappa shape index (κ3) is 4.92. The van der Waals surface area contributed by atoms with Crippen molar-refractivity contribution < 1.29 is 19.8 Å². The largest absolute Gasteiger partial charge is 0.478 e. The molecular weight excluding hydrogens is 286 g/mol. The average molecular weight is 303 g/mol. The van der Waals surface area contributed by atoms with Crippen molar-refractivity contribution in [3.05, 3.63) is 41.6 Å². The quantitative estimate of drug-likeness (QED) is 0.461. The highest BCUT2D eigenvalue weighted by atomic mass is 16.4. The van der Waals surface area contributed by atoms with Crippen molar-refractivity contribution in [2.45, 2.75) is 19.4 Å². The van der Waals surface area contributed by atoms with Crippen LogP contribution in [-0.2, 0) is 4.79 Å². The minimum absolute atomic E-state index is 0.0276. The lowest BCUT2D eigenvalue weighted by molar-refractivity contribution is -0.112. The molecule has 0 spiro atoms. The van der Waals surface area contributed by atoms with Gasteiger partial charge in [0.05, 0.1) is 17.7 Å². The van der Waals surface area contributed by atoms with Gasteiger partial charge in [-0.15, -0.1) is 0 Å². The van der Waals surface area contributed by atoms with E-state index in [0.29, 0.717) is 0 Å². The van der Waals surface area contributed by atoms with Crippen LogP contribution in [0.5, 0.6) is 0 Å². The average Bonchev–Trinajstić information content (AvgIpc) is 2.48. The number of nitrogens with one attached hydrogen (secondary N) is 2. The third-order valence-corrected chi connectivity index (χ3v) is 2.73. The lowest BCUT2D eigenvalue weighted by Crippen LogP contribution is -2.39. The zero-order valence-corrected chi connectivity index (χ0v) is 12.3. The Balaban J connectivity index is 2.86. The zero-order valence-electron chi connectivity index (χ0n) is 12.3. The molecule has 4 N–H and O–H groups in total. The van der Waals surface area contributed by atoms with Crippen LogP contribution < -0.4 is 10.6 Å². The molecule has 7 heteroatoms. The fourth-order valence-corrected chi connectivity index (χ4v) is 1.39. The normalized spacial score (nSPS) is 11.5. The van der Waals surface area contributed by atoms with E-state index in [1.54, 1.807) is 19.9 Å². The predicted molar refractivity (Wildman–Crippen MR) is 80.0 cm³/mol. The van der Waals surface area contributed by atoms with E-state index in [1.165, 1.54) is 30.5 Å². The molecule has 1 amide bonds. The Labute approximate surface area is 127 Å². The van der Waals surface area contributed by atoms with Crippen molar-refractivity contribution in [2.24, 2.45) is 0 Å². The molecule has 1 aromatic rings. The van der Waals surface area contributed by atoms with Crippen molar-refractivity contribution >= 4 is 17.6 Å². The molecule has 7 nitrogen and oxygen atoms in total. The van der Waals surface area contributed by atoms with Crippen LogP contribution >= 0.6 is 0 Å². The summed E-state index contributed by atoms with van der Waals surface area (Å²) in [6, 6.07) is 7.44. The highest BCUT2D eigenvalue weighted by molar-refractivity contribution is 6.06. The summed E-state index contributed by atoms with van der Waals surface area (Å²) in [5, 5.41) is 32.2. The van der Waals surface area contributed by atoms with Crippen LogP contribution in [0.25, 0.3) is 0 Å². The maximum absolute atomic E-state index is 12.0. The second-order valence-electron chi connectivity index (χ2n) is 5.20. The number of carboxylic acids is 1. The van der Waals surface area contributed by atoms with Crippen molar-refractivity contribution in [1.82, 2.24) is 5.32 Å². The van der Waals surface area contributed by atoms with E-state index in [9.17, 15) is 9.59 Å². The molecule has 0 bridgehead atoms. The van der Waals surface area contributed by atoms with Crippen LogP contribution in [0.1, 0.15) is 24.2 Å². The number of carboxylic acid groups (broad SMARTS) is 1. The van der Waals surface area contributed by atoms with Gasteiger partial charge in [-0.1, -0.05) is 6.07 Å². The van der Waals surface area contributed by atoms with Gasteiger partial charge in [-0.2, -0.15) is 5.26 Å². The summed E-state index contributed by atoms with van der Waals surface area (Å²) in [6.45, 7) is 3.23. The van der Waals surface area contributed by atoms with E-state index >= 15 is 0 Å². The van der Waals surface area contributed by atoms with Gasteiger partial charge in [0.25, 0.3) is 5.91 Å². The molecule has 116 valence electrons. The smallest absolute Gasteiger partial charge is 0.335 e. The molecule has 1 aromatic carbocycles. The molecule has 0 aliphatic carbocycles. The van der Waals surface area contributed by atoms with Gasteiger partial charge in [-0.3, -0.25) is 4.79 Å². The molecular formula is C15H17N3O4. The summed E-state index contributed by atoms with van der Waals surface area (Å²) in [5.41, 5.74) is -0.569. The van der Waals surface area contributed by atoms with Gasteiger partial charge in [0.1, 0.15) is 11.6 Å². The van der Waals surface area contributed by atoms with Crippen LogP contribution in [-0.4, -0.2) is 34.2 Å². The number of aliphatic hydroxyl groups is 1. The van der Waals surface area contributed by atoms with Crippen molar-refractivity contribution in [1.29, 1.82) is 5.26 Å². The summed E-state index contributed by atoms with van der Waals surface area (Å²) >= 11 is 0. The molecule has 0 aliphatic heterocycles. The first-order valence-corrected chi connectivity index (χ1v) is 6.42. The molecule has 0 unspecified atom stereocenters. The van der Waals surface area contributed by atoms with Gasteiger partial charge in [0.2, 0.25) is 0 Å². The number of anilines is 1.